The zero-order valence-corrected chi connectivity index (χ0v) is 12.6. The summed E-state index contributed by atoms with van der Waals surface area (Å²) in [5.74, 6) is 0.170. The molecule has 0 bridgehead atoms. The number of likely N-dealkylation sites (N-methyl/N-ethyl adjacent to an activating group) is 1. The average molecular weight is 324 g/mol. The van der Waals surface area contributed by atoms with Crippen LogP contribution in [0.2, 0.25) is 0 Å². The lowest BCUT2D eigenvalue weighted by molar-refractivity contribution is -0.117. The minimum absolute atomic E-state index is 0.170. The number of hydrogen-bond donors (Lipinski definition) is 1. The van der Waals surface area contributed by atoms with E-state index in [0.29, 0.717) is 12.6 Å². The van der Waals surface area contributed by atoms with E-state index in [9.17, 15) is 4.79 Å². The van der Waals surface area contributed by atoms with Crippen molar-refractivity contribution in [3.63, 3.8) is 0 Å². The maximum absolute atomic E-state index is 12.2. The fourth-order valence-corrected chi connectivity index (χ4v) is 3.27. The summed E-state index contributed by atoms with van der Waals surface area (Å²) in [7, 11) is 1.85. The van der Waals surface area contributed by atoms with Crippen molar-refractivity contribution < 1.29 is 4.79 Å². The predicted octanol–water partition coefficient (Wildman–Crippen LogP) is 1.98. The van der Waals surface area contributed by atoms with Crippen molar-refractivity contribution in [2.24, 2.45) is 0 Å². The topological polar surface area (TPSA) is 35.6 Å². The number of benzene rings is 1. The number of piperidine rings is 1. The van der Waals surface area contributed by atoms with Crippen LogP contribution >= 0.6 is 15.9 Å². The molecule has 0 atom stereocenters. The summed E-state index contributed by atoms with van der Waals surface area (Å²) < 4.78 is 1.01. The SMILES string of the molecule is CN1C(=O)CN(C2CCNCC2)c2ccc(Br)cc21. The molecule has 0 unspecified atom stereocenters. The van der Waals surface area contributed by atoms with E-state index in [0.717, 1.165) is 36.1 Å². The summed E-state index contributed by atoms with van der Waals surface area (Å²) in [5, 5.41) is 3.38. The second-order valence-electron chi connectivity index (χ2n) is 5.19. The van der Waals surface area contributed by atoms with Crippen molar-refractivity contribution >= 4 is 33.2 Å². The van der Waals surface area contributed by atoms with Crippen LogP contribution in [0.1, 0.15) is 12.8 Å². The zero-order chi connectivity index (χ0) is 13.4. The third-order valence-electron chi connectivity index (χ3n) is 4.04. The minimum atomic E-state index is 0.170. The number of carbonyl (C=O) groups excluding carboxylic acids is 1. The lowest BCUT2D eigenvalue weighted by atomic mass is 10.0. The zero-order valence-electron chi connectivity index (χ0n) is 11.0. The third-order valence-corrected chi connectivity index (χ3v) is 4.53. The van der Waals surface area contributed by atoms with Gasteiger partial charge in [-0.25, -0.2) is 0 Å². The maximum Gasteiger partial charge on any atom is 0.246 e. The molecule has 2 heterocycles. The Hall–Kier alpha value is -1.07. The third kappa shape index (κ3) is 2.37. The summed E-state index contributed by atoms with van der Waals surface area (Å²) in [6, 6.07) is 6.67. The van der Waals surface area contributed by atoms with E-state index in [1.165, 1.54) is 5.69 Å². The number of anilines is 2. The van der Waals surface area contributed by atoms with Gasteiger partial charge in [0.1, 0.15) is 0 Å². The van der Waals surface area contributed by atoms with Crippen LogP contribution in [0.15, 0.2) is 22.7 Å². The average Bonchev–Trinajstić information content (AvgIpc) is 2.44. The summed E-state index contributed by atoms with van der Waals surface area (Å²) in [6.45, 7) is 2.57. The molecule has 102 valence electrons. The molecule has 1 fully saturated rings. The first kappa shape index (κ1) is 12.9. The molecule has 1 N–H and O–H groups in total. The lowest BCUT2D eigenvalue weighted by Crippen LogP contribution is -2.51. The van der Waals surface area contributed by atoms with Crippen LogP contribution in [0.3, 0.4) is 0 Å². The van der Waals surface area contributed by atoms with E-state index >= 15 is 0 Å². The first-order chi connectivity index (χ1) is 9.16. The first-order valence-corrected chi connectivity index (χ1v) is 7.49. The Morgan fingerprint density at radius 3 is 2.74 bits per heavy atom. The number of halogens is 1. The Morgan fingerprint density at radius 1 is 1.26 bits per heavy atom. The van der Waals surface area contributed by atoms with Gasteiger partial charge in [-0.15, -0.1) is 0 Å². The Kier molecular flexibility index (Phi) is 3.50. The number of nitrogens with one attached hydrogen (secondary N) is 1. The maximum atomic E-state index is 12.2. The Labute approximate surface area is 121 Å². The number of nitrogens with zero attached hydrogens (tertiary/aromatic N) is 2. The van der Waals surface area contributed by atoms with Crippen LogP contribution in [-0.2, 0) is 4.79 Å². The lowest BCUT2D eigenvalue weighted by Gasteiger charge is -2.42. The molecule has 0 aliphatic carbocycles. The van der Waals surface area contributed by atoms with E-state index in [1.54, 1.807) is 4.90 Å². The summed E-state index contributed by atoms with van der Waals surface area (Å²) in [6.07, 6.45) is 2.21. The van der Waals surface area contributed by atoms with Crippen LogP contribution in [0.25, 0.3) is 0 Å². The highest BCUT2D eigenvalue weighted by atomic mass is 79.9. The Bertz CT molecular complexity index is 499. The largest absolute Gasteiger partial charge is 0.357 e. The predicted molar refractivity (Wildman–Crippen MR) is 80.8 cm³/mol. The number of amides is 1. The van der Waals surface area contributed by atoms with Gasteiger partial charge in [0.05, 0.1) is 17.9 Å². The molecular weight excluding hydrogens is 306 g/mol. The van der Waals surface area contributed by atoms with E-state index in [-0.39, 0.29) is 5.91 Å². The molecule has 5 heteroatoms. The molecule has 1 saturated heterocycles. The van der Waals surface area contributed by atoms with Gasteiger partial charge in [0.25, 0.3) is 0 Å². The monoisotopic (exact) mass is 323 g/mol. The highest BCUT2D eigenvalue weighted by Crippen LogP contribution is 2.37. The van der Waals surface area contributed by atoms with E-state index < -0.39 is 0 Å². The molecule has 2 aliphatic heterocycles. The van der Waals surface area contributed by atoms with Crippen molar-refractivity contribution in [2.45, 2.75) is 18.9 Å². The summed E-state index contributed by atoms with van der Waals surface area (Å²) in [5.41, 5.74) is 2.18. The van der Waals surface area contributed by atoms with Gasteiger partial charge in [-0.05, 0) is 44.1 Å². The van der Waals surface area contributed by atoms with Crippen LogP contribution < -0.4 is 15.1 Å². The second-order valence-corrected chi connectivity index (χ2v) is 6.11. The standard InChI is InChI=1S/C14H18BrN3O/c1-17-13-8-10(15)2-3-12(13)18(9-14(17)19)11-4-6-16-7-5-11/h2-3,8,11,16H,4-7,9H2,1H3. The van der Waals surface area contributed by atoms with Gasteiger partial charge in [0.2, 0.25) is 5.91 Å². The van der Waals surface area contributed by atoms with Gasteiger partial charge in [-0.1, -0.05) is 15.9 Å². The highest BCUT2D eigenvalue weighted by Gasteiger charge is 2.31. The second kappa shape index (κ2) is 5.13. The van der Waals surface area contributed by atoms with Gasteiger partial charge < -0.3 is 15.1 Å². The molecule has 0 saturated carbocycles. The molecule has 4 nitrogen and oxygen atoms in total. The molecule has 1 aromatic carbocycles. The quantitative estimate of drug-likeness (QED) is 0.858. The summed E-state index contributed by atoms with van der Waals surface area (Å²) >= 11 is 3.49. The van der Waals surface area contributed by atoms with Gasteiger partial charge in [0, 0.05) is 17.6 Å². The molecule has 0 radical (unpaired) electrons. The van der Waals surface area contributed by atoms with Crippen molar-refractivity contribution in [3.8, 4) is 0 Å². The van der Waals surface area contributed by atoms with Crippen LogP contribution in [0, 0.1) is 0 Å². The molecule has 3 rings (SSSR count). The smallest absolute Gasteiger partial charge is 0.246 e. The number of fused-ring (bicyclic) bond motifs is 1. The molecule has 0 aromatic heterocycles. The van der Waals surface area contributed by atoms with Gasteiger partial charge in [-0.3, -0.25) is 4.79 Å². The Balaban J connectivity index is 1.98. The van der Waals surface area contributed by atoms with E-state index in [2.05, 4.69) is 38.3 Å². The number of hydrogen-bond acceptors (Lipinski definition) is 3. The van der Waals surface area contributed by atoms with Gasteiger partial charge in [0.15, 0.2) is 0 Å². The van der Waals surface area contributed by atoms with Crippen molar-refractivity contribution in [1.29, 1.82) is 0 Å². The van der Waals surface area contributed by atoms with Crippen LogP contribution in [-0.4, -0.2) is 38.6 Å². The van der Waals surface area contributed by atoms with Crippen molar-refractivity contribution in [3.05, 3.63) is 22.7 Å². The fraction of sp³-hybridized carbons (Fsp3) is 0.500. The van der Waals surface area contributed by atoms with E-state index in [4.69, 9.17) is 0 Å². The fourth-order valence-electron chi connectivity index (χ4n) is 2.92. The first-order valence-electron chi connectivity index (χ1n) is 6.70. The van der Waals surface area contributed by atoms with Crippen LogP contribution in [0.5, 0.6) is 0 Å². The van der Waals surface area contributed by atoms with Gasteiger partial charge in [-0.2, -0.15) is 0 Å². The molecular formula is C14H18BrN3O. The van der Waals surface area contributed by atoms with Crippen LogP contribution in [0.4, 0.5) is 11.4 Å². The Morgan fingerprint density at radius 2 is 2.00 bits per heavy atom. The number of rotatable bonds is 1. The van der Waals surface area contributed by atoms with E-state index in [1.807, 2.05) is 13.1 Å². The van der Waals surface area contributed by atoms with Gasteiger partial charge >= 0.3 is 0 Å². The normalized spacial score (nSPS) is 20.6. The highest BCUT2D eigenvalue weighted by molar-refractivity contribution is 9.10. The number of carbonyl (C=O) groups is 1. The van der Waals surface area contributed by atoms with Crippen molar-refractivity contribution in [2.75, 3.05) is 36.5 Å². The molecule has 0 spiro atoms. The van der Waals surface area contributed by atoms with Crippen molar-refractivity contribution in [1.82, 2.24) is 5.32 Å². The molecule has 1 aromatic rings. The molecule has 2 aliphatic rings. The minimum Gasteiger partial charge on any atom is -0.357 e. The molecule has 1 amide bonds. The molecule has 19 heavy (non-hydrogen) atoms. The summed E-state index contributed by atoms with van der Waals surface area (Å²) in [4.78, 5) is 16.2.